The van der Waals surface area contributed by atoms with E-state index in [-0.39, 0.29) is 11.0 Å². The van der Waals surface area contributed by atoms with Gasteiger partial charge >= 0.3 is 0 Å². The molecule has 1 rings (SSSR count). The van der Waals surface area contributed by atoms with Crippen molar-refractivity contribution < 1.29 is 0 Å². The van der Waals surface area contributed by atoms with Crippen molar-refractivity contribution in [3.63, 3.8) is 0 Å². The second-order valence-corrected chi connectivity index (χ2v) is 7.90. The molecule has 1 aromatic heterocycles. The summed E-state index contributed by atoms with van der Waals surface area (Å²) in [6, 6.07) is 0. The molecule has 19 heavy (non-hydrogen) atoms. The molecular weight excluding hydrogens is 302 g/mol. The van der Waals surface area contributed by atoms with Gasteiger partial charge in [0.2, 0.25) is 0 Å². The number of halogens is 1. The van der Waals surface area contributed by atoms with E-state index in [0.717, 1.165) is 29.7 Å². The van der Waals surface area contributed by atoms with Crippen LogP contribution in [0, 0.1) is 12.3 Å². The van der Waals surface area contributed by atoms with Crippen molar-refractivity contribution in [2.24, 2.45) is 5.41 Å². The van der Waals surface area contributed by atoms with Crippen LogP contribution in [0.5, 0.6) is 0 Å². The molecule has 0 atom stereocenters. The molecule has 1 aromatic rings. The van der Waals surface area contributed by atoms with Crippen molar-refractivity contribution in [2.45, 2.75) is 67.0 Å². The summed E-state index contributed by atoms with van der Waals surface area (Å²) in [6.07, 6.45) is 1.02. The fraction of sp³-hybridized carbons (Fsp3) is 0.800. The predicted molar refractivity (Wildman–Crippen MR) is 85.6 cm³/mol. The fourth-order valence-electron chi connectivity index (χ4n) is 2.06. The summed E-state index contributed by atoms with van der Waals surface area (Å²) < 4.78 is 3.27. The van der Waals surface area contributed by atoms with Crippen LogP contribution in [-0.4, -0.2) is 21.9 Å². The Morgan fingerprint density at radius 1 is 1.21 bits per heavy atom. The number of rotatable bonds is 5. The number of hydrogen-bond acceptors (Lipinski definition) is 2. The third-order valence-corrected chi connectivity index (χ3v) is 4.23. The summed E-state index contributed by atoms with van der Waals surface area (Å²) in [5.41, 5.74) is 2.75. The van der Waals surface area contributed by atoms with Crippen LogP contribution in [0.15, 0.2) is 4.47 Å². The molecule has 0 aliphatic rings. The molecule has 0 aliphatic carbocycles. The van der Waals surface area contributed by atoms with Crippen molar-refractivity contribution in [1.82, 2.24) is 15.1 Å². The third-order valence-electron chi connectivity index (χ3n) is 3.20. The van der Waals surface area contributed by atoms with Gasteiger partial charge in [-0.1, -0.05) is 13.8 Å². The van der Waals surface area contributed by atoms with E-state index in [9.17, 15) is 0 Å². The molecule has 0 bridgehead atoms. The first-order chi connectivity index (χ1) is 8.56. The monoisotopic (exact) mass is 329 g/mol. The average Bonchev–Trinajstić information content (AvgIpc) is 2.53. The lowest BCUT2D eigenvalue weighted by molar-refractivity contribution is 0.283. The molecule has 0 aromatic carbocycles. The molecule has 0 radical (unpaired) electrons. The van der Waals surface area contributed by atoms with Gasteiger partial charge in [0.25, 0.3) is 0 Å². The molecular formula is C15H28BrN3. The van der Waals surface area contributed by atoms with Crippen LogP contribution < -0.4 is 5.32 Å². The summed E-state index contributed by atoms with van der Waals surface area (Å²) in [4.78, 5) is 0. The first-order valence-electron chi connectivity index (χ1n) is 7.02. The van der Waals surface area contributed by atoms with Crippen molar-refractivity contribution in [3.05, 3.63) is 15.9 Å². The minimum Gasteiger partial charge on any atom is -0.312 e. The fourth-order valence-corrected chi connectivity index (χ4v) is 2.48. The van der Waals surface area contributed by atoms with E-state index >= 15 is 0 Å². The van der Waals surface area contributed by atoms with Crippen LogP contribution in [-0.2, 0) is 13.0 Å². The van der Waals surface area contributed by atoms with Gasteiger partial charge in [0.1, 0.15) is 0 Å². The van der Waals surface area contributed by atoms with Gasteiger partial charge in [-0.3, -0.25) is 4.68 Å². The lowest BCUT2D eigenvalue weighted by Crippen LogP contribution is -2.42. The topological polar surface area (TPSA) is 29.9 Å². The largest absolute Gasteiger partial charge is 0.312 e. The Kier molecular flexibility index (Phi) is 5.24. The zero-order valence-electron chi connectivity index (χ0n) is 13.4. The standard InChI is InChI=1S/C15H28BrN3/c1-8-19-12(13(16)11(2)18-19)9-15(6,7)10-17-14(3,4)5/h17H,8-10H2,1-7H3. The van der Waals surface area contributed by atoms with Crippen LogP contribution >= 0.6 is 15.9 Å². The highest BCUT2D eigenvalue weighted by Crippen LogP contribution is 2.29. The van der Waals surface area contributed by atoms with Crippen molar-refractivity contribution in [1.29, 1.82) is 0 Å². The Hall–Kier alpha value is -0.350. The van der Waals surface area contributed by atoms with Crippen molar-refractivity contribution >= 4 is 15.9 Å². The van der Waals surface area contributed by atoms with E-state index in [4.69, 9.17) is 0 Å². The predicted octanol–water partition coefficient (Wildman–Crippen LogP) is 3.93. The van der Waals surface area contributed by atoms with E-state index in [0.29, 0.717) is 0 Å². The smallest absolute Gasteiger partial charge is 0.0738 e. The average molecular weight is 330 g/mol. The molecule has 0 amide bonds. The number of nitrogens with one attached hydrogen (secondary N) is 1. The molecule has 1 heterocycles. The minimum atomic E-state index is 0.162. The molecule has 1 N–H and O–H groups in total. The Bertz CT molecular complexity index is 427. The van der Waals surface area contributed by atoms with Gasteiger partial charge in [-0.25, -0.2) is 0 Å². The molecule has 0 spiro atoms. The van der Waals surface area contributed by atoms with Gasteiger partial charge in [0.15, 0.2) is 0 Å². The lowest BCUT2D eigenvalue weighted by atomic mass is 9.86. The third kappa shape index (κ3) is 4.92. The van der Waals surface area contributed by atoms with Gasteiger partial charge in [-0.15, -0.1) is 0 Å². The van der Waals surface area contributed by atoms with Crippen LogP contribution in [0.4, 0.5) is 0 Å². The van der Waals surface area contributed by atoms with Gasteiger partial charge in [0, 0.05) is 18.6 Å². The van der Waals surface area contributed by atoms with Gasteiger partial charge < -0.3 is 5.32 Å². The first-order valence-corrected chi connectivity index (χ1v) is 7.82. The second-order valence-electron chi connectivity index (χ2n) is 7.11. The lowest BCUT2D eigenvalue weighted by Gasteiger charge is -2.30. The highest BCUT2D eigenvalue weighted by molar-refractivity contribution is 9.10. The Morgan fingerprint density at radius 3 is 2.26 bits per heavy atom. The van der Waals surface area contributed by atoms with Crippen LogP contribution in [0.3, 0.4) is 0 Å². The van der Waals surface area contributed by atoms with Crippen molar-refractivity contribution in [3.8, 4) is 0 Å². The molecule has 0 saturated carbocycles. The van der Waals surface area contributed by atoms with Crippen molar-refractivity contribution in [2.75, 3.05) is 6.54 Å². The second kappa shape index (κ2) is 5.96. The SMILES string of the molecule is CCn1nc(C)c(Br)c1CC(C)(C)CNC(C)(C)C. The molecule has 0 aliphatic heterocycles. The summed E-state index contributed by atoms with van der Waals surface area (Å²) in [6.45, 7) is 17.4. The number of nitrogens with zero attached hydrogens (tertiary/aromatic N) is 2. The molecule has 4 heteroatoms. The normalized spacial score (nSPS) is 13.1. The number of hydrogen-bond donors (Lipinski definition) is 1. The van der Waals surface area contributed by atoms with Gasteiger partial charge in [-0.2, -0.15) is 5.10 Å². The van der Waals surface area contributed by atoms with Gasteiger partial charge in [0.05, 0.1) is 15.9 Å². The maximum atomic E-state index is 4.57. The Labute approximate surface area is 126 Å². The first kappa shape index (κ1) is 16.7. The van der Waals surface area contributed by atoms with E-state index in [2.05, 4.69) is 79.5 Å². The van der Waals surface area contributed by atoms with E-state index < -0.39 is 0 Å². The molecule has 3 nitrogen and oxygen atoms in total. The Morgan fingerprint density at radius 2 is 1.79 bits per heavy atom. The summed E-state index contributed by atoms with van der Waals surface area (Å²) in [5.74, 6) is 0. The summed E-state index contributed by atoms with van der Waals surface area (Å²) >= 11 is 3.68. The quantitative estimate of drug-likeness (QED) is 0.886. The van der Waals surface area contributed by atoms with Gasteiger partial charge in [-0.05, 0) is 62.4 Å². The zero-order valence-corrected chi connectivity index (χ0v) is 15.0. The van der Waals surface area contributed by atoms with Crippen LogP contribution in [0.2, 0.25) is 0 Å². The summed E-state index contributed by atoms with van der Waals surface area (Å²) in [7, 11) is 0. The van der Waals surface area contributed by atoms with Crippen LogP contribution in [0.25, 0.3) is 0 Å². The van der Waals surface area contributed by atoms with Crippen LogP contribution in [0.1, 0.15) is 52.9 Å². The van der Waals surface area contributed by atoms with E-state index in [1.54, 1.807) is 0 Å². The maximum absolute atomic E-state index is 4.57. The Balaban J connectivity index is 2.83. The minimum absolute atomic E-state index is 0.162. The number of aromatic nitrogens is 2. The summed E-state index contributed by atoms with van der Waals surface area (Å²) in [5, 5.41) is 8.17. The highest BCUT2D eigenvalue weighted by atomic mass is 79.9. The maximum Gasteiger partial charge on any atom is 0.0738 e. The highest BCUT2D eigenvalue weighted by Gasteiger charge is 2.25. The van der Waals surface area contributed by atoms with E-state index in [1.165, 1.54) is 5.69 Å². The molecule has 0 saturated heterocycles. The molecule has 0 unspecified atom stereocenters. The number of aryl methyl sites for hydroxylation is 2. The van der Waals surface area contributed by atoms with E-state index in [1.807, 2.05) is 0 Å². The molecule has 0 fully saturated rings. The molecule has 110 valence electrons. The zero-order chi connectivity index (χ0) is 14.8.